The maximum absolute atomic E-state index is 2.75. The molecular weight excluding hydrogens is 318 g/mol. The molecule has 1 aromatic carbocycles. The van der Waals surface area contributed by atoms with Crippen molar-refractivity contribution in [3.8, 4) is 0 Å². The van der Waals surface area contributed by atoms with Crippen molar-refractivity contribution in [1.29, 1.82) is 0 Å². The van der Waals surface area contributed by atoms with E-state index in [1.807, 2.05) is 0 Å². The Kier molecular flexibility index (Phi) is 5.69. The lowest BCUT2D eigenvalue weighted by atomic mass is 9.62. The first kappa shape index (κ1) is 19.7. The number of hydrogen-bond donors (Lipinski definition) is 0. The normalized spacial score (nSPS) is 22.0. The highest BCUT2D eigenvalue weighted by Gasteiger charge is 2.47. The quantitative estimate of drug-likeness (QED) is 0.797. The summed E-state index contributed by atoms with van der Waals surface area (Å²) < 4.78 is 0. The Morgan fingerprint density at radius 2 is 1.35 bits per heavy atom. The van der Waals surface area contributed by atoms with Crippen molar-refractivity contribution in [1.82, 2.24) is 9.80 Å². The lowest BCUT2D eigenvalue weighted by Crippen LogP contribution is -2.62. The average molecular weight is 358 g/mol. The van der Waals surface area contributed by atoms with Gasteiger partial charge >= 0.3 is 0 Å². The van der Waals surface area contributed by atoms with Gasteiger partial charge in [-0.2, -0.15) is 0 Å². The smallest absolute Gasteiger partial charge is 0.0366 e. The number of piperazine rings is 1. The summed E-state index contributed by atoms with van der Waals surface area (Å²) in [6.07, 6.45) is 2.61. The zero-order chi connectivity index (χ0) is 18.9. The van der Waals surface area contributed by atoms with E-state index in [9.17, 15) is 0 Å². The molecule has 26 heavy (non-hydrogen) atoms. The van der Waals surface area contributed by atoms with Crippen molar-refractivity contribution in [2.24, 2.45) is 11.3 Å². The molecule has 0 unspecified atom stereocenters. The largest absolute Gasteiger partial charge is 0.372 e. The minimum Gasteiger partial charge on any atom is -0.372 e. The predicted octanol–water partition coefficient (Wildman–Crippen LogP) is 4.26. The molecule has 0 atom stereocenters. The Labute approximate surface area is 161 Å². The molecule has 0 aliphatic carbocycles. The molecular formula is C23H39N3. The van der Waals surface area contributed by atoms with Crippen LogP contribution < -0.4 is 4.90 Å². The third-order valence-corrected chi connectivity index (χ3v) is 7.79. The van der Waals surface area contributed by atoms with E-state index < -0.39 is 0 Å². The second-order valence-electron chi connectivity index (χ2n) is 9.67. The Hall–Kier alpha value is -1.06. The molecule has 0 bridgehead atoms. The molecule has 0 spiro atoms. The van der Waals surface area contributed by atoms with Crippen LogP contribution in [0, 0.1) is 18.3 Å². The second kappa shape index (κ2) is 7.52. The Morgan fingerprint density at radius 3 is 1.88 bits per heavy atom. The summed E-state index contributed by atoms with van der Waals surface area (Å²) in [7, 11) is 2.25. The van der Waals surface area contributed by atoms with Crippen LogP contribution in [-0.2, 0) is 0 Å². The molecule has 3 rings (SSSR count). The molecule has 0 saturated carbocycles. The van der Waals surface area contributed by atoms with E-state index in [0.29, 0.717) is 5.41 Å². The predicted molar refractivity (Wildman–Crippen MR) is 113 cm³/mol. The van der Waals surface area contributed by atoms with E-state index in [-0.39, 0.29) is 5.54 Å². The van der Waals surface area contributed by atoms with Gasteiger partial charge in [0.25, 0.3) is 0 Å². The van der Waals surface area contributed by atoms with Crippen molar-refractivity contribution < 1.29 is 0 Å². The van der Waals surface area contributed by atoms with Crippen LogP contribution in [0.5, 0.6) is 0 Å². The molecule has 3 heteroatoms. The van der Waals surface area contributed by atoms with Gasteiger partial charge in [0, 0.05) is 50.5 Å². The van der Waals surface area contributed by atoms with Gasteiger partial charge in [0.15, 0.2) is 0 Å². The van der Waals surface area contributed by atoms with E-state index in [1.54, 1.807) is 0 Å². The summed E-state index contributed by atoms with van der Waals surface area (Å²) in [6.45, 7) is 19.4. The SMILES string of the molecule is Cc1ccc(N2CCC(C(C)(C)C(C)(C)N3CCN(C)CC3)CC2)cc1. The van der Waals surface area contributed by atoms with Crippen LogP contribution in [0.3, 0.4) is 0 Å². The topological polar surface area (TPSA) is 9.72 Å². The summed E-state index contributed by atoms with van der Waals surface area (Å²) in [5.41, 5.74) is 3.30. The van der Waals surface area contributed by atoms with Crippen LogP contribution in [0.2, 0.25) is 0 Å². The maximum Gasteiger partial charge on any atom is 0.0366 e. The number of anilines is 1. The molecule has 0 N–H and O–H groups in total. The number of piperidine rings is 1. The standard InChI is InChI=1S/C23H39N3/c1-19-7-9-21(10-8-19)25-13-11-20(12-14-25)22(2,3)23(4,5)26-17-15-24(6)16-18-26/h7-10,20H,11-18H2,1-6H3. The van der Waals surface area contributed by atoms with Gasteiger partial charge in [0.1, 0.15) is 0 Å². The minimum atomic E-state index is 0.241. The van der Waals surface area contributed by atoms with Gasteiger partial charge in [-0.3, -0.25) is 4.90 Å². The fraction of sp³-hybridized carbons (Fsp3) is 0.739. The fourth-order valence-electron chi connectivity index (χ4n) is 4.89. The highest BCUT2D eigenvalue weighted by Crippen LogP contribution is 2.46. The Balaban J connectivity index is 1.64. The summed E-state index contributed by atoms with van der Waals surface area (Å²) in [5.74, 6) is 0.791. The molecule has 1 aromatic rings. The van der Waals surface area contributed by atoms with Gasteiger partial charge in [-0.1, -0.05) is 31.5 Å². The van der Waals surface area contributed by atoms with E-state index in [1.165, 1.54) is 63.4 Å². The number of rotatable bonds is 4. The highest BCUT2D eigenvalue weighted by atomic mass is 15.3. The van der Waals surface area contributed by atoms with Crippen molar-refractivity contribution in [2.45, 2.75) is 53.0 Å². The van der Waals surface area contributed by atoms with E-state index in [2.05, 4.69) is 80.6 Å². The Morgan fingerprint density at radius 1 is 0.808 bits per heavy atom. The van der Waals surface area contributed by atoms with Crippen LogP contribution in [0.4, 0.5) is 5.69 Å². The van der Waals surface area contributed by atoms with Crippen molar-refractivity contribution in [2.75, 3.05) is 51.2 Å². The second-order valence-corrected chi connectivity index (χ2v) is 9.67. The average Bonchev–Trinajstić information content (AvgIpc) is 2.63. The molecule has 0 aromatic heterocycles. The molecule has 2 fully saturated rings. The third kappa shape index (κ3) is 3.80. The van der Waals surface area contributed by atoms with Gasteiger partial charge in [0.2, 0.25) is 0 Å². The lowest BCUT2D eigenvalue weighted by Gasteiger charge is -2.56. The first-order chi connectivity index (χ1) is 12.2. The van der Waals surface area contributed by atoms with Crippen molar-refractivity contribution in [3.63, 3.8) is 0 Å². The number of likely N-dealkylation sites (N-methyl/N-ethyl adjacent to an activating group) is 1. The zero-order valence-electron chi connectivity index (χ0n) is 17.9. The summed E-state index contributed by atoms with van der Waals surface area (Å²) in [6, 6.07) is 9.05. The summed E-state index contributed by atoms with van der Waals surface area (Å²) in [4.78, 5) is 7.79. The van der Waals surface area contributed by atoms with Gasteiger partial charge in [0.05, 0.1) is 0 Å². The first-order valence-corrected chi connectivity index (χ1v) is 10.5. The van der Waals surface area contributed by atoms with Gasteiger partial charge in [-0.15, -0.1) is 0 Å². The number of aryl methyl sites for hydroxylation is 1. The molecule has 2 heterocycles. The van der Waals surface area contributed by atoms with Crippen molar-refractivity contribution >= 4 is 5.69 Å². The number of nitrogens with zero attached hydrogens (tertiary/aromatic N) is 3. The van der Waals surface area contributed by atoms with E-state index >= 15 is 0 Å². The molecule has 0 amide bonds. The molecule has 2 aliphatic heterocycles. The van der Waals surface area contributed by atoms with Gasteiger partial charge in [-0.25, -0.2) is 0 Å². The van der Waals surface area contributed by atoms with Gasteiger partial charge < -0.3 is 9.80 Å². The maximum atomic E-state index is 2.75. The Bertz CT molecular complexity index is 574. The third-order valence-electron chi connectivity index (χ3n) is 7.79. The van der Waals surface area contributed by atoms with Crippen LogP contribution in [0.1, 0.15) is 46.1 Å². The fourth-order valence-corrected chi connectivity index (χ4v) is 4.89. The van der Waals surface area contributed by atoms with Crippen molar-refractivity contribution in [3.05, 3.63) is 29.8 Å². The molecule has 3 nitrogen and oxygen atoms in total. The summed E-state index contributed by atoms with van der Waals surface area (Å²) >= 11 is 0. The number of benzene rings is 1. The van der Waals surface area contributed by atoms with Crippen LogP contribution in [0.25, 0.3) is 0 Å². The van der Waals surface area contributed by atoms with E-state index in [4.69, 9.17) is 0 Å². The zero-order valence-corrected chi connectivity index (χ0v) is 17.9. The molecule has 0 radical (unpaired) electrons. The van der Waals surface area contributed by atoms with E-state index in [0.717, 1.165) is 5.92 Å². The van der Waals surface area contributed by atoms with Crippen LogP contribution in [-0.4, -0.2) is 61.7 Å². The molecule has 146 valence electrons. The first-order valence-electron chi connectivity index (χ1n) is 10.5. The summed E-state index contributed by atoms with van der Waals surface area (Å²) in [5, 5.41) is 0. The van der Waals surface area contributed by atoms with Crippen LogP contribution >= 0.6 is 0 Å². The molecule has 2 aliphatic rings. The molecule has 2 saturated heterocycles. The minimum absolute atomic E-state index is 0.241. The highest BCUT2D eigenvalue weighted by molar-refractivity contribution is 5.47. The van der Waals surface area contributed by atoms with Gasteiger partial charge in [-0.05, 0) is 64.1 Å². The number of hydrogen-bond acceptors (Lipinski definition) is 3. The monoisotopic (exact) mass is 357 g/mol. The van der Waals surface area contributed by atoms with Crippen LogP contribution in [0.15, 0.2) is 24.3 Å². The lowest BCUT2D eigenvalue weighted by molar-refractivity contribution is -0.0515.